The Morgan fingerprint density at radius 1 is 1.07 bits per heavy atom. The highest BCUT2D eigenvalue weighted by atomic mass is 16.3. The third kappa shape index (κ3) is 3.96. The van der Waals surface area contributed by atoms with Gasteiger partial charge in [0.2, 0.25) is 0 Å². The van der Waals surface area contributed by atoms with Crippen LogP contribution in [0.2, 0.25) is 0 Å². The Hall–Kier alpha value is -5.30. The van der Waals surface area contributed by atoms with Crippen molar-refractivity contribution in [2.75, 3.05) is 18.9 Å². The van der Waals surface area contributed by atoms with E-state index in [-0.39, 0.29) is 23.5 Å². The van der Waals surface area contributed by atoms with E-state index in [9.17, 15) is 14.7 Å². The first-order chi connectivity index (χ1) is 21.2. The zero-order valence-electron chi connectivity index (χ0n) is 24.5. The van der Waals surface area contributed by atoms with E-state index < -0.39 is 0 Å². The van der Waals surface area contributed by atoms with Gasteiger partial charge in [-0.3, -0.25) is 18.8 Å². The number of fused-ring (bicyclic) bond motifs is 5. The summed E-state index contributed by atoms with van der Waals surface area (Å²) in [5, 5.41) is 22.9. The Morgan fingerprint density at radius 3 is 2.77 bits per heavy atom. The lowest BCUT2D eigenvalue weighted by molar-refractivity contribution is 0.0743. The third-order valence-corrected chi connectivity index (χ3v) is 8.71. The molecule has 0 aromatic carbocycles. The summed E-state index contributed by atoms with van der Waals surface area (Å²) in [6, 6.07) is 7.40. The van der Waals surface area contributed by atoms with E-state index >= 15 is 0 Å². The summed E-state index contributed by atoms with van der Waals surface area (Å²) in [5.41, 5.74) is 6.53. The van der Waals surface area contributed by atoms with Gasteiger partial charge in [-0.2, -0.15) is 10.2 Å². The lowest BCUT2D eigenvalue weighted by atomic mass is 9.90. The number of pyridine rings is 2. The molecule has 0 atom stereocenters. The fourth-order valence-corrected chi connectivity index (χ4v) is 6.61. The van der Waals surface area contributed by atoms with Crippen molar-refractivity contribution in [3.63, 3.8) is 0 Å². The van der Waals surface area contributed by atoms with Gasteiger partial charge in [0.15, 0.2) is 11.5 Å². The molecule has 44 heavy (non-hydrogen) atoms. The molecule has 2 N–H and O–H groups in total. The summed E-state index contributed by atoms with van der Waals surface area (Å²) in [6.07, 6.45) is 10.4. The van der Waals surface area contributed by atoms with Crippen molar-refractivity contribution in [1.29, 1.82) is 0 Å². The SMILES string of the molecule is CN1CCn2nc(Nc3cc(-c4ccnc(-n5ccn6c7c(cc6c5=O)CC(C)(C)C7)c4CO)cn4ncnc34)cc2C1=O. The number of aromatic nitrogens is 8. The Morgan fingerprint density at radius 2 is 1.93 bits per heavy atom. The van der Waals surface area contributed by atoms with Crippen molar-refractivity contribution in [1.82, 2.24) is 43.2 Å². The lowest BCUT2D eigenvalue weighted by Crippen LogP contribution is -2.37. The van der Waals surface area contributed by atoms with Crippen LogP contribution in [0.4, 0.5) is 11.5 Å². The second kappa shape index (κ2) is 9.35. The second-order valence-electron chi connectivity index (χ2n) is 12.3. The molecule has 1 aliphatic heterocycles. The summed E-state index contributed by atoms with van der Waals surface area (Å²) in [5.74, 6) is 0.778. The minimum absolute atomic E-state index is 0.0860. The van der Waals surface area contributed by atoms with Gasteiger partial charge in [-0.25, -0.2) is 14.5 Å². The highest BCUT2D eigenvalue weighted by Gasteiger charge is 2.32. The van der Waals surface area contributed by atoms with Crippen molar-refractivity contribution in [3.05, 3.63) is 88.2 Å². The largest absolute Gasteiger partial charge is 0.392 e. The maximum Gasteiger partial charge on any atom is 0.280 e. The summed E-state index contributed by atoms with van der Waals surface area (Å²) in [4.78, 5) is 37.0. The van der Waals surface area contributed by atoms with E-state index in [1.807, 2.05) is 28.9 Å². The van der Waals surface area contributed by atoms with Gasteiger partial charge in [0.25, 0.3) is 11.5 Å². The van der Waals surface area contributed by atoms with Gasteiger partial charge in [-0.1, -0.05) is 13.8 Å². The molecule has 222 valence electrons. The number of amides is 1. The molecule has 2 aliphatic rings. The molecule has 8 rings (SSSR count). The van der Waals surface area contributed by atoms with E-state index in [1.165, 1.54) is 22.2 Å². The molecule has 13 nitrogen and oxygen atoms in total. The van der Waals surface area contributed by atoms with Gasteiger partial charge in [0.1, 0.15) is 23.4 Å². The Bertz CT molecular complexity index is 2200. The van der Waals surface area contributed by atoms with E-state index in [0.29, 0.717) is 58.4 Å². The molecule has 0 unspecified atom stereocenters. The number of carbonyl (C=O) groups is 1. The van der Waals surface area contributed by atoms with Crippen LogP contribution in [0, 0.1) is 5.41 Å². The van der Waals surface area contributed by atoms with Crippen LogP contribution in [-0.4, -0.2) is 67.8 Å². The van der Waals surface area contributed by atoms with Gasteiger partial charge in [0, 0.05) is 61.3 Å². The minimum atomic E-state index is -0.344. The molecule has 13 heteroatoms. The molecule has 7 heterocycles. The third-order valence-electron chi connectivity index (χ3n) is 8.71. The minimum Gasteiger partial charge on any atom is -0.392 e. The molecule has 0 radical (unpaired) electrons. The number of hydrogen-bond acceptors (Lipinski definition) is 8. The first-order valence-corrected chi connectivity index (χ1v) is 14.5. The van der Waals surface area contributed by atoms with E-state index in [4.69, 9.17) is 0 Å². The molecular weight excluding hydrogens is 560 g/mol. The predicted molar refractivity (Wildman–Crippen MR) is 162 cm³/mol. The highest BCUT2D eigenvalue weighted by Crippen LogP contribution is 2.37. The van der Waals surface area contributed by atoms with Gasteiger partial charge < -0.3 is 19.7 Å². The van der Waals surface area contributed by atoms with Crippen molar-refractivity contribution in [2.24, 2.45) is 5.41 Å². The highest BCUT2D eigenvalue weighted by molar-refractivity contribution is 5.94. The predicted octanol–water partition coefficient (Wildman–Crippen LogP) is 2.84. The molecule has 6 aromatic rings. The molecule has 1 aliphatic carbocycles. The number of anilines is 2. The first kappa shape index (κ1) is 26.3. The number of carbonyl (C=O) groups excluding carboxylic acids is 1. The average Bonchev–Trinajstić information content (AvgIpc) is 3.77. The zero-order valence-corrected chi connectivity index (χ0v) is 24.5. The monoisotopic (exact) mass is 590 g/mol. The number of likely N-dealkylation sites (N-methyl/N-ethyl adjacent to an activating group) is 1. The topological polar surface area (TPSA) is 140 Å². The molecular formula is C31H30N10O3. The van der Waals surface area contributed by atoms with Crippen molar-refractivity contribution in [3.8, 4) is 16.9 Å². The quantitative estimate of drug-likeness (QED) is 0.313. The van der Waals surface area contributed by atoms with Crippen molar-refractivity contribution >= 4 is 28.6 Å². The van der Waals surface area contributed by atoms with Crippen molar-refractivity contribution < 1.29 is 9.90 Å². The van der Waals surface area contributed by atoms with Crippen LogP contribution in [-0.2, 0) is 26.0 Å². The van der Waals surface area contributed by atoms with Gasteiger partial charge in [-0.05, 0) is 47.6 Å². The Balaban J connectivity index is 1.22. The standard InChI is InChI=1S/C31H30N10O3/c1-31(2)13-18-11-23-30(44)39(8-7-38(23)25(18)14-31)27-21(16-42)20(4-5-32-27)19-10-22(28-33-17-34-41(28)15-19)35-26-12-24-29(43)37(3)6-9-40(24)36-26/h4-5,7-8,10-12,15,17,42H,6,9,13-14,16H2,1-3H3,(H,35,36). The van der Waals surface area contributed by atoms with E-state index in [1.54, 1.807) is 45.7 Å². The molecule has 1 amide bonds. The van der Waals surface area contributed by atoms with Crippen LogP contribution < -0.4 is 10.9 Å². The van der Waals surface area contributed by atoms with E-state index in [2.05, 4.69) is 39.3 Å². The number of aliphatic hydroxyl groups is 1. The summed E-state index contributed by atoms with van der Waals surface area (Å²) >= 11 is 0. The number of nitrogens with one attached hydrogen (secondary N) is 1. The number of aliphatic hydroxyl groups excluding tert-OH is 1. The van der Waals surface area contributed by atoms with Gasteiger partial charge >= 0.3 is 0 Å². The fourth-order valence-electron chi connectivity index (χ4n) is 6.61. The van der Waals surface area contributed by atoms with Crippen LogP contribution in [0.1, 0.15) is 41.2 Å². The van der Waals surface area contributed by atoms with Crippen LogP contribution in [0.25, 0.3) is 28.1 Å². The Kier molecular flexibility index (Phi) is 5.60. The normalized spacial score (nSPS) is 15.7. The molecule has 0 fully saturated rings. The first-order valence-electron chi connectivity index (χ1n) is 14.5. The fraction of sp³-hybridized carbons (Fsp3) is 0.290. The van der Waals surface area contributed by atoms with E-state index in [0.717, 1.165) is 18.4 Å². The number of hydrogen-bond donors (Lipinski definition) is 2. The second-order valence-corrected chi connectivity index (χ2v) is 12.3. The summed E-state index contributed by atoms with van der Waals surface area (Å²) in [7, 11) is 1.77. The van der Waals surface area contributed by atoms with Gasteiger partial charge in [0.05, 0.1) is 18.8 Å². The van der Waals surface area contributed by atoms with Crippen LogP contribution >= 0.6 is 0 Å². The van der Waals surface area contributed by atoms with Crippen molar-refractivity contribution in [2.45, 2.75) is 39.8 Å². The number of rotatable bonds is 5. The lowest BCUT2D eigenvalue weighted by Gasteiger charge is -2.22. The molecule has 6 aromatic heterocycles. The maximum atomic E-state index is 13.8. The molecule has 0 saturated heterocycles. The number of nitrogens with zero attached hydrogens (tertiary/aromatic N) is 9. The molecule has 0 spiro atoms. The zero-order chi connectivity index (χ0) is 30.3. The maximum absolute atomic E-state index is 13.8. The summed E-state index contributed by atoms with van der Waals surface area (Å²) in [6.45, 7) is 5.33. The Labute approximate surface area is 251 Å². The smallest absolute Gasteiger partial charge is 0.280 e. The van der Waals surface area contributed by atoms with Crippen LogP contribution in [0.15, 0.2) is 60.2 Å². The average molecular weight is 591 g/mol. The molecule has 0 saturated carbocycles. The van der Waals surface area contributed by atoms with Crippen LogP contribution in [0.3, 0.4) is 0 Å². The van der Waals surface area contributed by atoms with Gasteiger partial charge in [-0.15, -0.1) is 0 Å². The molecule has 0 bridgehead atoms. The summed E-state index contributed by atoms with van der Waals surface area (Å²) < 4.78 is 6.82. The van der Waals surface area contributed by atoms with Crippen LogP contribution in [0.5, 0.6) is 0 Å².